The van der Waals surface area contributed by atoms with Crippen LogP contribution in [0.15, 0.2) is 29.3 Å². The van der Waals surface area contributed by atoms with Crippen molar-refractivity contribution in [2.24, 2.45) is 16.8 Å². The summed E-state index contributed by atoms with van der Waals surface area (Å²) in [5, 5.41) is 3.38. The van der Waals surface area contributed by atoms with Crippen LogP contribution in [0.3, 0.4) is 0 Å². The zero-order valence-electron chi connectivity index (χ0n) is 17.4. The lowest BCUT2D eigenvalue weighted by atomic mass is 9.99. The SMILES string of the molecule is CN=C(NCc1ccc(N2CCCCC2=O)cc1)N1CC(C)C(C(=O)OC)C1.I. The minimum atomic E-state index is -0.159. The summed E-state index contributed by atoms with van der Waals surface area (Å²) in [7, 11) is 3.19. The van der Waals surface area contributed by atoms with Gasteiger partial charge in [0.15, 0.2) is 5.96 Å². The molecule has 1 amide bonds. The summed E-state index contributed by atoms with van der Waals surface area (Å²) in [6.45, 7) is 4.89. The van der Waals surface area contributed by atoms with Crippen molar-refractivity contribution in [3.8, 4) is 0 Å². The molecule has 8 heteroatoms. The second-order valence-corrected chi connectivity index (χ2v) is 7.58. The van der Waals surface area contributed by atoms with Gasteiger partial charge in [0, 0.05) is 45.3 Å². The average molecular weight is 514 g/mol. The summed E-state index contributed by atoms with van der Waals surface area (Å²) in [5.41, 5.74) is 2.08. The van der Waals surface area contributed by atoms with E-state index in [1.165, 1.54) is 7.11 Å². The van der Waals surface area contributed by atoms with Crippen LogP contribution in [0.25, 0.3) is 0 Å². The number of halogens is 1. The number of rotatable bonds is 4. The predicted molar refractivity (Wildman–Crippen MR) is 125 cm³/mol. The van der Waals surface area contributed by atoms with Crippen LogP contribution in [0.2, 0.25) is 0 Å². The van der Waals surface area contributed by atoms with Crippen LogP contribution < -0.4 is 10.2 Å². The van der Waals surface area contributed by atoms with Gasteiger partial charge in [-0.1, -0.05) is 19.1 Å². The Morgan fingerprint density at radius 1 is 1.24 bits per heavy atom. The maximum absolute atomic E-state index is 12.1. The number of nitrogens with one attached hydrogen (secondary N) is 1. The van der Waals surface area contributed by atoms with Crippen molar-refractivity contribution in [2.75, 3.05) is 38.7 Å². The Morgan fingerprint density at radius 2 is 1.97 bits per heavy atom. The van der Waals surface area contributed by atoms with E-state index in [0.29, 0.717) is 19.5 Å². The number of hydrogen-bond donors (Lipinski definition) is 1. The van der Waals surface area contributed by atoms with Crippen LogP contribution in [-0.2, 0) is 20.9 Å². The molecule has 0 bridgehead atoms. The Balaban J connectivity index is 0.00000300. The van der Waals surface area contributed by atoms with E-state index < -0.39 is 0 Å². The molecule has 29 heavy (non-hydrogen) atoms. The Kier molecular flexibility index (Phi) is 8.73. The van der Waals surface area contributed by atoms with E-state index in [4.69, 9.17) is 4.74 Å². The minimum Gasteiger partial charge on any atom is -0.469 e. The lowest BCUT2D eigenvalue weighted by Gasteiger charge is -2.27. The highest BCUT2D eigenvalue weighted by Crippen LogP contribution is 2.24. The molecule has 1 N–H and O–H groups in total. The molecule has 0 aliphatic carbocycles. The molecule has 1 aromatic carbocycles. The van der Waals surface area contributed by atoms with Crippen LogP contribution in [0, 0.1) is 11.8 Å². The number of carbonyl (C=O) groups is 2. The molecule has 160 valence electrons. The van der Waals surface area contributed by atoms with Crippen LogP contribution in [-0.4, -0.2) is 56.5 Å². The van der Waals surface area contributed by atoms with Crippen LogP contribution >= 0.6 is 24.0 Å². The average Bonchev–Trinajstić information content (AvgIpc) is 3.10. The van der Waals surface area contributed by atoms with Gasteiger partial charge < -0.3 is 19.9 Å². The van der Waals surface area contributed by atoms with Crippen molar-refractivity contribution in [3.05, 3.63) is 29.8 Å². The topological polar surface area (TPSA) is 74.2 Å². The number of anilines is 1. The fourth-order valence-corrected chi connectivity index (χ4v) is 3.98. The third-order valence-electron chi connectivity index (χ3n) is 5.65. The first-order valence-electron chi connectivity index (χ1n) is 9.96. The number of hydrogen-bond acceptors (Lipinski definition) is 4. The van der Waals surface area contributed by atoms with Gasteiger partial charge in [0.1, 0.15) is 0 Å². The van der Waals surface area contributed by atoms with Crippen molar-refractivity contribution in [3.63, 3.8) is 0 Å². The van der Waals surface area contributed by atoms with Gasteiger partial charge in [-0.25, -0.2) is 0 Å². The van der Waals surface area contributed by atoms with E-state index in [0.717, 1.165) is 43.1 Å². The number of benzene rings is 1. The Bertz CT molecular complexity index is 738. The smallest absolute Gasteiger partial charge is 0.310 e. The number of esters is 1. The lowest BCUT2D eigenvalue weighted by Crippen LogP contribution is -2.40. The highest BCUT2D eigenvalue weighted by atomic mass is 127. The molecule has 0 aromatic heterocycles. The molecular formula is C21H31IN4O3. The summed E-state index contributed by atoms with van der Waals surface area (Å²) >= 11 is 0. The Labute approximate surface area is 189 Å². The molecule has 0 spiro atoms. The minimum absolute atomic E-state index is 0. The summed E-state index contributed by atoms with van der Waals surface area (Å²) in [6.07, 6.45) is 2.69. The van der Waals surface area contributed by atoms with Crippen molar-refractivity contribution < 1.29 is 14.3 Å². The van der Waals surface area contributed by atoms with Gasteiger partial charge in [0.05, 0.1) is 13.0 Å². The summed E-state index contributed by atoms with van der Waals surface area (Å²) in [6, 6.07) is 8.10. The number of likely N-dealkylation sites (tertiary alicyclic amines) is 1. The highest BCUT2D eigenvalue weighted by Gasteiger charge is 2.36. The number of nitrogens with zero attached hydrogens (tertiary/aromatic N) is 3. The lowest BCUT2D eigenvalue weighted by molar-refractivity contribution is -0.146. The second kappa shape index (κ2) is 10.8. The normalized spacial score (nSPS) is 22.3. The number of ether oxygens (including phenoxy) is 1. The van der Waals surface area contributed by atoms with E-state index >= 15 is 0 Å². The standard InChI is InChI=1S/C21H30N4O3.HI/c1-15-13-24(14-18(15)20(27)28-3)21(22-2)23-12-16-7-9-17(10-8-16)25-11-5-4-6-19(25)26;/h7-10,15,18H,4-6,11-14H2,1-3H3,(H,22,23);1H. The third-order valence-corrected chi connectivity index (χ3v) is 5.65. The number of aliphatic imine (C=N–C) groups is 1. The van der Waals surface area contributed by atoms with Gasteiger partial charge in [-0.15, -0.1) is 24.0 Å². The maximum Gasteiger partial charge on any atom is 0.310 e. The van der Waals surface area contributed by atoms with Gasteiger partial charge in [0.2, 0.25) is 5.91 Å². The first-order valence-corrected chi connectivity index (χ1v) is 9.96. The molecule has 2 heterocycles. The zero-order valence-corrected chi connectivity index (χ0v) is 19.7. The van der Waals surface area contributed by atoms with E-state index in [1.54, 1.807) is 7.05 Å². The molecule has 0 radical (unpaired) electrons. The molecule has 2 saturated heterocycles. The first-order chi connectivity index (χ1) is 13.5. The third kappa shape index (κ3) is 5.61. The van der Waals surface area contributed by atoms with Crippen molar-refractivity contribution in [1.82, 2.24) is 10.2 Å². The van der Waals surface area contributed by atoms with Gasteiger partial charge in [-0.05, 0) is 36.5 Å². The number of guanidine groups is 1. The fourth-order valence-electron chi connectivity index (χ4n) is 3.98. The number of piperidine rings is 1. The van der Waals surface area contributed by atoms with Crippen LogP contribution in [0.5, 0.6) is 0 Å². The van der Waals surface area contributed by atoms with Gasteiger partial charge >= 0.3 is 5.97 Å². The van der Waals surface area contributed by atoms with Crippen LogP contribution in [0.1, 0.15) is 31.7 Å². The maximum atomic E-state index is 12.1. The largest absolute Gasteiger partial charge is 0.469 e. The van der Waals surface area contributed by atoms with E-state index in [-0.39, 0.29) is 47.7 Å². The summed E-state index contributed by atoms with van der Waals surface area (Å²) in [4.78, 5) is 32.3. The molecule has 3 rings (SSSR count). The molecule has 2 fully saturated rings. The van der Waals surface area contributed by atoms with Gasteiger partial charge in [-0.3, -0.25) is 14.6 Å². The fraction of sp³-hybridized carbons (Fsp3) is 0.571. The quantitative estimate of drug-likeness (QED) is 0.290. The van der Waals surface area contributed by atoms with Crippen LogP contribution in [0.4, 0.5) is 5.69 Å². The second-order valence-electron chi connectivity index (χ2n) is 7.58. The first kappa shape index (κ1) is 23.4. The monoisotopic (exact) mass is 514 g/mol. The number of carbonyl (C=O) groups excluding carboxylic acids is 2. The molecule has 0 saturated carbocycles. The summed E-state index contributed by atoms with van der Waals surface area (Å²) < 4.78 is 4.91. The number of amides is 1. The van der Waals surface area contributed by atoms with Crippen molar-refractivity contribution in [1.29, 1.82) is 0 Å². The van der Waals surface area contributed by atoms with Crippen molar-refractivity contribution in [2.45, 2.75) is 32.7 Å². The van der Waals surface area contributed by atoms with E-state index in [1.807, 2.05) is 29.2 Å². The molecule has 1 aromatic rings. The molecule has 2 aliphatic heterocycles. The summed E-state index contributed by atoms with van der Waals surface area (Å²) in [5.74, 6) is 0.944. The van der Waals surface area contributed by atoms with E-state index in [9.17, 15) is 9.59 Å². The predicted octanol–water partition coefficient (Wildman–Crippen LogP) is 2.64. The van der Waals surface area contributed by atoms with Gasteiger partial charge in [-0.2, -0.15) is 0 Å². The zero-order chi connectivity index (χ0) is 20.1. The van der Waals surface area contributed by atoms with Gasteiger partial charge in [0.25, 0.3) is 0 Å². The van der Waals surface area contributed by atoms with E-state index in [2.05, 4.69) is 22.1 Å². The highest BCUT2D eigenvalue weighted by molar-refractivity contribution is 14.0. The Morgan fingerprint density at radius 3 is 2.59 bits per heavy atom. The van der Waals surface area contributed by atoms with Crippen molar-refractivity contribution >= 4 is 47.5 Å². The molecule has 7 nitrogen and oxygen atoms in total. The number of methoxy groups -OCH3 is 1. The molecule has 2 unspecified atom stereocenters. The molecule has 2 aliphatic rings. The Hall–Kier alpha value is -1.84. The molecule has 2 atom stereocenters. The molecular weight excluding hydrogens is 483 g/mol.